The minimum Gasteiger partial charge on any atom is -0.444 e. The van der Waals surface area contributed by atoms with E-state index in [1.807, 2.05) is 11.8 Å². The Bertz CT molecular complexity index is 381. The number of nitrogens with zero attached hydrogens (tertiary/aromatic N) is 2. The van der Waals surface area contributed by atoms with Crippen molar-refractivity contribution in [2.45, 2.75) is 45.6 Å². The van der Waals surface area contributed by atoms with Crippen LogP contribution < -0.4 is 5.32 Å². The smallest absolute Gasteiger partial charge is 0.317 e. The molecule has 0 saturated carbocycles. The number of urea groups is 1. The highest BCUT2D eigenvalue weighted by Gasteiger charge is 2.15. The molecule has 0 aromatic carbocycles. The van der Waals surface area contributed by atoms with E-state index in [0.717, 1.165) is 38.1 Å². The Morgan fingerprint density at radius 3 is 2.72 bits per heavy atom. The number of likely N-dealkylation sites (tertiary alicyclic amines) is 1. The molecule has 0 atom stereocenters. The van der Waals surface area contributed by atoms with E-state index in [9.17, 15) is 4.79 Å². The van der Waals surface area contributed by atoms with Gasteiger partial charge in [0, 0.05) is 19.5 Å². The fourth-order valence-corrected chi connectivity index (χ4v) is 2.13. The second-order valence-electron chi connectivity index (χ2n) is 4.63. The molecule has 0 aliphatic carbocycles. The third-order valence-corrected chi connectivity index (χ3v) is 3.23. The lowest BCUT2D eigenvalue weighted by Crippen LogP contribution is -2.40. The van der Waals surface area contributed by atoms with Gasteiger partial charge in [0.15, 0.2) is 0 Å². The van der Waals surface area contributed by atoms with E-state index in [0.29, 0.717) is 12.4 Å². The van der Waals surface area contributed by atoms with Crippen molar-refractivity contribution in [2.75, 3.05) is 13.1 Å². The summed E-state index contributed by atoms with van der Waals surface area (Å²) in [4.78, 5) is 18.0. The van der Waals surface area contributed by atoms with Crippen LogP contribution in [0.1, 0.15) is 44.3 Å². The van der Waals surface area contributed by atoms with Crippen molar-refractivity contribution in [3.63, 3.8) is 0 Å². The minimum absolute atomic E-state index is 0.00634. The van der Waals surface area contributed by atoms with Gasteiger partial charge in [0.05, 0.1) is 12.7 Å². The molecule has 1 saturated heterocycles. The lowest BCUT2D eigenvalue weighted by molar-refractivity contribution is 0.198. The molecule has 100 valence electrons. The number of nitrogens with one attached hydrogen (secondary N) is 1. The minimum atomic E-state index is -0.00634. The zero-order chi connectivity index (χ0) is 12.8. The van der Waals surface area contributed by atoms with Crippen molar-refractivity contribution in [1.82, 2.24) is 15.2 Å². The first kappa shape index (κ1) is 12.9. The Morgan fingerprint density at radius 2 is 2.11 bits per heavy atom. The van der Waals surface area contributed by atoms with Crippen molar-refractivity contribution in [3.05, 3.63) is 17.8 Å². The van der Waals surface area contributed by atoms with Gasteiger partial charge in [-0.1, -0.05) is 19.8 Å². The first-order chi connectivity index (χ1) is 8.79. The van der Waals surface area contributed by atoms with Gasteiger partial charge in [-0.05, 0) is 12.8 Å². The predicted molar refractivity (Wildman–Crippen MR) is 68.2 cm³/mol. The van der Waals surface area contributed by atoms with Crippen LogP contribution in [0.2, 0.25) is 0 Å². The van der Waals surface area contributed by atoms with Crippen molar-refractivity contribution < 1.29 is 9.21 Å². The van der Waals surface area contributed by atoms with Crippen LogP contribution in [0.4, 0.5) is 4.79 Å². The molecule has 0 radical (unpaired) electrons. The maximum atomic E-state index is 11.9. The van der Waals surface area contributed by atoms with Gasteiger partial charge >= 0.3 is 6.03 Å². The summed E-state index contributed by atoms with van der Waals surface area (Å²) in [6.07, 6.45) is 7.20. The Labute approximate surface area is 108 Å². The second kappa shape index (κ2) is 6.42. The van der Waals surface area contributed by atoms with E-state index in [-0.39, 0.29) is 6.03 Å². The molecule has 1 aliphatic rings. The lowest BCUT2D eigenvalue weighted by Gasteiger charge is -2.20. The standard InChI is InChI=1S/C13H21N3O2/c1-2-11-9-14-12(18-11)10-15-13(17)16-7-5-3-4-6-8-16/h9H,2-8,10H2,1H3,(H,15,17). The Balaban J connectivity index is 1.79. The Kier molecular flexibility index (Phi) is 4.61. The van der Waals surface area contributed by atoms with E-state index in [1.54, 1.807) is 6.20 Å². The Morgan fingerprint density at radius 1 is 1.39 bits per heavy atom. The number of rotatable bonds is 3. The molecule has 1 aliphatic heterocycles. The number of hydrogen-bond acceptors (Lipinski definition) is 3. The topological polar surface area (TPSA) is 58.4 Å². The number of aryl methyl sites for hydroxylation is 1. The number of amides is 2. The number of hydrogen-bond donors (Lipinski definition) is 1. The molecule has 1 aromatic heterocycles. The van der Waals surface area contributed by atoms with Gasteiger partial charge < -0.3 is 14.6 Å². The molecule has 2 amide bonds. The molecular weight excluding hydrogens is 230 g/mol. The molecule has 0 spiro atoms. The van der Waals surface area contributed by atoms with E-state index < -0.39 is 0 Å². The van der Waals surface area contributed by atoms with E-state index in [1.165, 1.54) is 12.8 Å². The van der Waals surface area contributed by atoms with E-state index >= 15 is 0 Å². The fraction of sp³-hybridized carbons (Fsp3) is 0.692. The first-order valence-corrected chi connectivity index (χ1v) is 6.76. The van der Waals surface area contributed by atoms with Crippen LogP contribution in [0.5, 0.6) is 0 Å². The highest BCUT2D eigenvalue weighted by molar-refractivity contribution is 5.74. The summed E-state index contributed by atoms with van der Waals surface area (Å²) in [5, 5.41) is 2.86. The summed E-state index contributed by atoms with van der Waals surface area (Å²) >= 11 is 0. The molecule has 2 rings (SSSR count). The normalized spacial score (nSPS) is 16.4. The molecule has 18 heavy (non-hydrogen) atoms. The molecule has 1 aromatic rings. The number of carbonyl (C=O) groups is 1. The number of aromatic nitrogens is 1. The summed E-state index contributed by atoms with van der Waals surface area (Å²) in [5.41, 5.74) is 0. The lowest BCUT2D eigenvalue weighted by atomic mass is 10.2. The fourth-order valence-electron chi connectivity index (χ4n) is 2.13. The highest BCUT2D eigenvalue weighted by Crippen LogP contribution is 2.10. The molecule has 5 heteroatoms. The summed E-state index contributed by atoms with van der Waals surface area (Å²) in [7, 11) is 0. The monoisotopic (exact) mass is 251 g/mol. The summed E-state index contributed by atoms with van der Waals surface area (Å²) < 4.78 is 5.45. The van der Waals surface area contributed by atoms with Crippen LogP contribution in [0, 0.1) is 0 Å². The third-order valence-electron chi connectivity index (χ3n) is 3.23. The van der Waals surface area contributed by atoms with Crippen molar-refractivity contribution in [1.29, 1.82) is 0 Å². The van der Waals surface area contributed by atoms with Crippen LogP contribution in [-0.4, -0.2) is 29.0 Å². The number of oxazole rings is 1. The molecule has 1 N–H and O–H groups in total. The van der Waals surface area contributed by atoms with Gasteiger partial charge in [0.25, 0.3) is 0 Å². The predicted octanol–water partition coefficient (Wildman–Crippen LogP) is 2.32. The van der Waals surface area contributed by atoms with Crippen molar-refractivity contribution in [2.24, 2.45) is 0 Å². The van der Waals surface area contributed by atoms with Gasteiger partial charge in [0.1, 0.15) is 5.76 Å². The van der Waals surface area contributed by atoms with Gasteiger partial charge in [-0.15, -0.1) is 0 Å². The van der Waals surface area contributed by atoms with Crippen molar-refractivity contribution in [3.8, 4) is 0 Å². The quantitative estimate of drug-likeness (QED) is 0.897. The summed E-state index contributed by atoms with van der Waals surface area (Å²) in [6.45, 7) is 4.10. The molecule has 0 bridgehead atoms. The second-order valence-corrected chi connectivity index (χ2v) is 4.63. The van der Waals surface area contributed by atoms with Gasteiger partial charge in [-0.25, -0.2) is 9.78 Å². The van der Waals surface area contributed by atoms with Crippen LogP contribution in [0.25, 0.3) is 0 Å². The maximum Gasteiger partial charge on any atom is 0.317 e. The highest BCUT2D eigenvalue weighted by atomic mass is 16.4. The Hall–Kier alpha value is -1.52. The molecule has 2 heterocycles. The molecule has 5 nitrogen and oxygen atoms in total. The van der Waals surface area contributed by atoms with Crippen LogP contribution in [0.3, 0.4) is 0 Å². The van der Waals surface area contributed by atoms with Gasteiger partial charge in [-0.3, -0.25) is 0 Å². The summed E-state index contributed by atoms with van der Waals surface area (Å²) in [6, 6.07) is -0.00634. The van der Waals surface area contributed by atoms with Gasteiger partial charge in [-0.2, -0.15) is 0 Å². The average molecular weight is 251 g/mol. The maximum absolute atomic E-state index is 11.9. The molecule has 0 unspecified atom stereocenters. The zero-order valence-corrected chi connectivity index (χ0v) is 10.9. The van der Waals surface area contributed by atoms with E-state index in [4.69, 9.17) is 4.42 Å². The van der Waals surface area contributed by atoms with Gasteiger partial charge in [0.2, 0.25) is 5.89 Å². The van der Waals surface area contributed by atoms with E-state index in [2.05, 4.69) is 10.3 Å². The molecule has 1 fully saturated rings. The SMILES string of the molecule is CCc1cnc(CNC(=O)N2CCCCCC2)o1. The van der Waals surface area contributed by atoms with Crippen LogP contribution in [-0.2, 0) is 13.0 Å². The van der Waals surface area contributed by atoms with Crippen LogP contribution in [0.15, 0.2) is 10.6 Å². The zero-order valence-electron chi connectivity index (χ0n) is 10.9. The largest absolute Gasteiger partial charge is 0.444 e. The van der Waals surface area contributed by atoms with Crippen LogP contribution >= 0.6 is 0 Å². The molecular formula is C13H21N3O2. The van der Waals surface area contributed by atoms with Crippen molar-refractivity contribution >= 4 is 6.03 Å². The summed E-state index contributed by atoms with van der Waals surface area (Å²) in [5.74, 6) is 1.43. The first-order valence-electron chi connectivity index (χ1n) is 6.76. The average Bonchev–Trinajstić information content (AvgIpc) is 2.68. The third kappa shape index (κ3) is 3.48. The number of carbonyl (C=O) groups excluding carboxylic acids is 1.